The summed E-state index contributed by atoms with van der Waals surface area (Å²) < 4.78 is 0. The zero-order valence-corrected chi connectivity index (χ0v) is 18.6. The van der Waals surface area contributed by atoms with E-state index in [4.69, 9.17) is 0 Å². The van der Waals surface area contributed by atoms with E-state index in [0.29, 0.717) is 6.04 Å². The van der Waals surface area contributed by atoms with Gasteiger partial charge in [0.1, 0.15) is 5.92 Å². The summed E-state index contributed by atoms with van der Waals surface area (Å²) in [6.07, 6.45) is 3.94. The number of hydrogen-bond donors (Lipinski definition) is 2. The van der Waals surface area contributed by atoms with E-state index in [-0.39, 0.29) is 22.9 Å². The molecule has 4 rings (SSSR count). The normalized spacial score (nSPS) is 23.4. The molecule has 1 saturated heterocycles. The minimum absolute atomic E-state index is 0.0225. The maximum Gasteiger partial charge on any atom is 0.237 e. The Morgan fingerprint density at radius 2 is 1.67 bits per heavy atom. The van der Waals surface area contributed by atoms with Gasteiger partial charge in [0.05, 0.1) is 5.69 Å². The Balaban J connectivity index is 1.43. The van der Waals surface area contributed by atoms with Crippen LogP contribution in [0.15, 0.2) is 53.5 Å². The lowest BCUT2D eigenvalue weighted by atomic mass is 9.77. The van der Waals surface area contributed by atoms with Crippen molar-refractivity contribution in [3.05, 3.63) is 54.1 Å². The van der Waals surface area contributed by atoms with E-state index in [2.05, 4.69) is 67.4 Å². The Morgan fingerprint density at radius 1 is 1.03 bits per heavy atom. The van der Waals surface area contributed by atoms with E-state index in [9.17, 15) is 4.79 Å². The summed E-state index contributed by atoms with van der Waals surface area (Å²) in [7, 11) is 2.23. The van der Waals surface area contributed by atoms with Crippen LogP contribution in [-0.4, -0.2) is 41.2 Å². The Hall–Kier alpha value is -2.66. The quantitative estimate of drug-likeness (QED) is 0.690. The fourth-order valence-corrected chi connectivity index (χ4v) is 4.90. The van der Waals surface area contributed by atoms with Crippen LogP contribution in [-0.2, 0) is 4.79 Å². The fourth-order valence-electron chi connectivity index (χ4n) is 4.90. The first-order valence-electron chi connectivity index (χ1n) is 10.7. The van der Waals surface area contributed by atoms with Crippen molar-refractivity contribution in [2.24, 2.45) is 4.99 Å². The lowest BCUT2D eigenvalue weighted by Gasteiger charge is -2.53. The SMILES string of the molecule is CN1C(C)(C)CC(Nc2ccc(N=CC3C(=O)Nc4ccccc43)cc2)CC1(C)C. The third-order valence-corrected chi connectivity index (χ3v) is 6.75. The number of anilines is 2. The third kappa shape index (κ3) is 3.99. The van der Waals surface area contributed by atoms with Gasteiger partial charge in [0.15, 0.2) is 0 Å². The lowest BCUT2D eigenvalue weighted by molar-refractivity contribution is -0.115. The molecule has 1 amide bonds. The van der Waals surface area contributed by atoms with E-state index < -0.39 is 0 Å². The summed E-state index contributed by atoms with van der Waals surface area (Å²) in [6, 6.07) is 16.4. The second-order valence-corrected chi connectivity index (χ2v) is 9.81. The van der Waals surface area contributed by atoms with Crippen LogP contribution in [0, 0.1) is 0 Å². The predicted octanol–water partition coefficient (Wildman–Crippen LogP) is 5.19. The molecule has 158 valence electrons. The molecule has 2 heterocycles. The van der Waals surface area contributed by atoms with Gasteiger partial charge in [0.25, 0.3) is 0 Å². The van der Waals surface area contributed by atoms with Gasteiger partial charge in [-0.2, -0.15) is 0 Å². The number of likely N-dealkylation sites (tertiary alicyclic amines) is 1. The minimum atomic E-state index is -0.331. The third-order valence-electron chi connectivity index (χ3n) is 6.75. The van der Waals surface area contributed by atoms with Gasteiger partial charge >= 0.3 is 0 Å². The van der Waals surface area contributed by atoms with Crippen molar-refractivity contribution in [1.29, 1.82) is 0 Å². The second kappa shape index (κ2) is 7.55. The van der Waals surface area contributed by atoms with Crippen LogP contribution < -0.4 is 10.6 Å². The highest BCUT2D eigenvalue weighted by Crippen LogP contribution is 2.38. The molecule has 0 saturated carbocycles. The Bertz CT molecular complexity index is 943. The van der Waals surface area contributed by atoms with Crippen LogP contribution in [0.25, 0.3) is 0 Å². The lowest BCUT2D eigenvalue weighted by Crippen LogP contribution is -2.61. The number of nitrogens with one attached hydrogen (secondary N) is 2. The van der Waals surface area contributed by atoms with Crippen molar-refractivity contribution >= 4 is 29.2 Å². The van der Waals surface area contributed by atoms with Crippen molar-refractivity contribution in [2.75, 3.05) is 17.7 Å². The molecule has 30 heavy (non-hydrogen) atoms. The van der Waals surface area contributed by atoms with Gasteiger partial charge in [0, 0.05) is 34.7 Å². The topological polar surface area (TPSA) is 56.7 Å². The minimum Gasteiger partial charge on any atom is -0.382 e. The number of fused-ring (bicyclic) bond motifs is 1. The molecule has 1 unspecified atom stereocenters. The number of para-hydroxylation sites is 1. The summed E-state index contributed by atoms with van der Waals surface area (Å²) in [5, 5.41) is 6.63. The van der Waals surface area contributed by atoms with Gasteiger partial charge < -0.3 is 10.6 Å². The average molecular weight is 405 g/mol. The first-order chi connectivity index (χ1) is 14.2. The maximum atomic E-state index is 12.2. The van der Waals surface area contributed by atoms with Crippen LogP contribution in [0.2, 0.25) is 0 Å². The molecule has 0 aliphatic carbocycles. The molecule has 0 aromatic heterocycles. The highest BCUT2D eigenvalue weighted by atomic mass is 16.2. The first-order valence-corrected chi connectivity index (χ1v) is 10.7. The molecule has 2 N–H and O–H groups in total. The molecule has 5 heteroatoms. The first kappa shape index (κ1) is 20.6. The van der Waals surface area contributed by atoms with E-state index in [0.717, 1.165) is 35.5 Å². The number of carbonyl (C=O) groups is 1. The molecule has 2 aliphatic heterocycles. The van der Waals surface area contributed by atoms with Gasteiger partial charge in [0.2, 0.25) is 5.91 Å². The molecule has 5 nitrogen and oxygen atoms in total. The van der Waals surface area contributed by atoms with Crippen molar-refractivity contribution in [3.8, 4) is 0 Å². The van der Waals surface area contributed by atoms with Gasteiger partial charge in [-0.1, -0.05) is 18.2 Å². The number of carbonyl (C=O) groups excluding carboxylic acids is 1. The van der Waals surface area contributed by atoms with Gasteiger partial charge in [-0.25, -0.2) is 0 Å². The number of hydrogen-bond acceptors (Lipinski definition) is 4. The summed E-state index contributed by atoms with van der Waals surface area (Å²) in [5.41, 5.74) is 4.13. The predicted molar refractivity (Wildman–Crippen MR) is 125 cm³/mol. The van der Waals surface area contributed by atoms with Gasteiger partial charge in [-0.15, -0.1) is 0 Å². The van der Waals surface area contributed by atoms with E-state index in [1.807, 2.05) is 36.4 Å². The van der Waals surface area contributed by atoms with Gasteiger partial charge in [-0.3, -0.25) is 14.7 Å². The van der Waals surface area contributed by atoms with Crippen molar-refractivity contribution in [2.45, 2.75) is 63.6 Å². The number of rotatable bonds is 4. The molecule has 0 bridgehead atoms. The highest BCUT2D eigenvalue weighted by Gasteiger charge is 2.42. The maximum absolute atomic E-state index is 12.2. The smallest absolute Gasteiger partial charge is 0.237 e. The number of benzene rings is 2. The number of aliphatic imine (C=N–C) groups is 1. The van der Waals surface area contributed by atoms with Crippen LogP contribution >= 0.6 is 0 Å². The summed E-state index contributed by atoms with van der Waals surface area (Å²) >= 11 is 0. The fraction of sp³-hybridized carbons (Fsp3) is 0.440. The summed E-state index contributed by atoms with van der Waals surface area (Å²) in [5.74, 6) is -0.353. The zero-order valence-electron chi connectivity index (χ0n) is 18.6. The largest absolute Gasteiger partial charge is 0.382 e. The van der Waals surface area contributed by atoms with E-state index in [1.165, 1.54) is 0 Å². The van der Waals surface area contributed by atoms with Crippen molar-refractivity contribution in [3.63, 3.8) is 0 Å². The average Bonchev–Trinajstić information content (AvgIpc) is 3.00. The van der Waals surface area contributed by atoms with Crippen LogP contribution in [0.5, 0.6) is 0 Å². The molecular weight excluding hydrogens is 372 g/mol. The summed E-state index contributed by atoms with van der Waals surface area (Å²) in [6.45, 7) is 9.27. The molecule has 2 aliphatic rings. The number of piperidine rings is 1. The highest BCUT2D eigenvalue weighted by molar-refractivity contribution is 6.12. The molecule has 1 fully saturated rings. The van der Waals surface area contributed by atoms with Gasteiger partial charge in [-0.05, 0) is 83.5 Å². The number of amides is 1. The number of nitrogens with zero attached hydrogens (tertiary/aromatic N) is 2. The molecule has 1 atom stereocenters. The Morgan fingerprint density at radius 3 is 2.33 bits per heavy atom. The second-order valence-electron chi connectivity index (χ2n) is 9.81. The Labute approximate surface area is 179 Å². The Kier molecular flexibility index (Phi) is 5.18. The standard InChI is InChI=1S/C25H32N4O/c1-24(2)14-19(15-25(3,4)29(24)5)27-18-12-10-17(11-13-18)26-16-21-20-8-6-7-9-22(20)28-23(21)30/h6-13,16,19,21,27H,14-15H2,1-5H3,(H,28,30). The van der Waals surface area contributed by atoms with E-state index >= 15 is 0 Å². The molecule has 0 spiro atoms. The monoisotopic (exact) mass is 404 g/mol. The van der Waals surface area contributed by atoms with Crippen LogP contribution in [0.1, 0.15) is 52.0 Å². The molecule has 2 aromatic rings. The molecular formula is C25H32N4O. The van der Waals surface area contributed by atoms with E-state index in [1.54, 1.807) is 6.21 Å². The molecule has 0 radical (unpaired) electrons. The summed E-state index contributed by atoms with van der Waals surface area (Å²) in [4.78, 5) is 19.3. The van der Waals surface area contributed by atoms with Crippen molar-refractivity contribution in [1.82, 2.24) is 4.90 Å². The van der Waals surface area contributed by atoms with Crippen molar-refractivity contribution < 1.29 is 4.79 Å². The van der Waals surface area contributed by atoms with Crippen LogP contribution in [0.4, 0.5) is 17.1 Å². The molecule has 2 aromatic carbocycles. The zero-order chi connectivity index (χ0) is 21.5. The van der Waals surface area contributed by atoms with Crippen LogP contribution in [0.3, 0.4) is 0 Å².